The minimum Gasteiger partial charge on any atom is -0.497 e. The number of nitrogens with zero attached hydrogens (tertiary/aromatic N) is 4. The van der Waals surface area contributed by atoms with Crippen molar-refractivity contribution in [2.75, 3.05) is 45.7 Å². The van der Waals surface area contributed by atoms with Gasteiger partial charge in [0.25, 0.3) is 0 Å². The Morgan fingerprint density at radius 3 is 2.56 bits per heavy atom. The molecule has 1 saturated heterocycles. The number of hydrogen-bond donors (Lipinski definition) is 0. The van der Waals surface area contributed by atoms with E-state index < -0.39 is 16.1 Å². The summed E-state index contributed by atoms with van der Waals surface area (Å²) < 4.78 is 34.6. The molecule has 0 spiro atoms. The fourth-order valence-electron chi connectivity index (χ4n) is 4.66. The number of thiazole rings is 1. The summed E-state index contributed by atoms with van der Waals surface area (Å²) in [7, 11) is 1.69. The second-order valence-corrected chi connectivity index (χ2v) is 12.4. The summed E-state index contributed by atoms with van der Waals surface area (Å²) in [6, 6.07) is 9.72. The van der Waals surface area contributed by atoms with Crippen LogP contribution in [0.3, 0.4) is 0 Å². The van der Waals surface area contributed by atoms with E-state index in [1.807, 2.05) is 27.9 Å². The number of aromatic nitrogens is 1. The number of ether oxygens (including phenoxy) is 1. The molecule has 0 aliphatic carbocycles. The number of sulfonamides is 1. The van der Waals surface area contributed by atoms with Crippen LogP contribution in [0.15, 0.2) is 41.3 Å². The van der Waals surface area contributed by atoms with Crippen LogP contribution in [0.5, 0.6) is 5.75 Å². The number of hydrogen-bond acceptors (Lipinski definition) is 7. The Bertz CT molecular complexity index is 1340. The molecule has 10 heteroatoms. The van der Waals surface area contributed by atoms with E-state index in [1.165, 1.54) is 34.9 Å². The topological polar surface area (TPSA) is 83.0 Å². The predicted octanol–water partition coefficient (Wildman–Crippen LogP) is 4.06. The molecular weight excluding hydrogens is 496 g/mol. The number of fused-ring (bicyclic) bond motifs is 1. The molecule has 0 N–H and O–H groups in total. The second kappa shape index (κ2) is 10.8. The number of benzene rings is 2. The summed E-state index contributed by atoms with van der Waals surface area (Å²) in [5.74, 6) is 0.369. The summed E-state index contributed by atoms with van der Waals surface area (Å²) in [5.41, 5.74) is 3.10. The highest BCUT2D eigenvalue weighted by atomic mass is 32.2. The van der Waals surface area contributed by atoms with Crippen LogP contribution in [0.25, 0.3) is 10.2 Å². The lowest BCUT2D eigenvalue weighted by atomic mass is 10.1. The van der Waals surface area contributed by atoms with Gasteiger partial charge in [0.2, 0.25) is 15.9 Å². The highest BCUT2D eigenvalue weighted by Crippen LogP contribution is 2.34. The first-order chi connectivity index (χ1) is 17.1. The van der Waals surface area contributed by atoms with Crippen molar-refractivity contribution in [2.45, 2.75) is 44.0 Å². The average Bonchev–Trinajstić information content (AvgIpc) is 3.49. The Morgan fingerprint density at radius 2 is 1.89 bits per heavy atom. The maximum Gasteiger partial charge on any atom is 0.247 e. The zero-order chi connectivity index (χ0) is 26.0. The first kappa shape index (κ1) is 26.5. The van der Waals surface area contributed by atoms with Gasteiger partial charge in [0.1, 0.15) is 11.8 Å². The van der Waals surface area contributed by atoms with E-state index in [1.54, 1.807) is 17.0 Å². The van der Waals surface area contributed by atoms with E-state index in [-0.39, 0.29) is 10.8 Å². The van der Waals surface area contributed by atoms with E-state index in [4.69, 9.17) is 9.72 Å². The quantitative estimate of drug-likeness (QED) is 0.415. The van der Waals surface area contributed by atoms with E-state index in [2.05, 4.69) is 17.0 Å². The summed E-state index contributed by atoms with van der Waals surface area (Å²) in [6.45, 7) is 5.67. The summed E-state index contributed by atoms with van der Waals surface area (Å²) in [5, 5.41) is 0.621. The molecule has 0 radical (unpaired) electrons. The number of methoxy groups -OCH3 is 1. The Balaban J connectivity index is 1.67. The van der Waals surface area contributed by atoms with Crippen molar-refractivity contribution in [2.24, 2.45) is 0 Å². The van der Waals surface area contributed by atoms with Gasteiger partial charge in [-0.1, -0.05) is 17.4 Å². The SMILES string of the molecule is COc1ccc(S(=O)(=O)N2CCCC2C(=O)N(CCCN(C)C)c2nc3c(C)cc(C)cc3s2)cc1. The zero-order valence-corrected chi connectivity index (χ0v) is 23.2. The summed E-state index contributed by atoms with van der Waals surface area (Å²) in [4.78, 5) is 22.8. The Morgan fingerprint density at radius 1 is 1.17 bits per heavy atom. The number of carbonyl (C=O) groups is 1. The van der Waals surface area contributed by atoms with Gasteiger partial charge < -0.3 is 9.64 Å². The lowest BCUT2D eigenvalue weighted by Gasteiger charge is -2.29. The van der Waals surface area contributed by atoms with Crippen LogP contribution in [0.1, 0.15) is 30.4 Å². The first-order valence-corrected chi connectivity index (χ1v) is 14.4. The zero-order valence-electron chi connectivity index (χ0n) is 21.5. The molecule has 8 nitrogen and oxygen atoms in total. The molecule has 1 fully saturated rings. The van der Waals surface area contributed by atoms with Crippen molar-refractivity contribution in [3.8, 4) is 5.75 Å². The highest BCUT2D eigenvalue weighted by molar-refractivity contribution is 7.89. The van der Waals surface area contributed by atoms with Crippen LogP contribution in [-0.2, 0) is 14.8 Å². The fraction of sp³-hybridized carbons (Fsp3) is 0.462. The maximum atomic E-state index is 14.0. The Labute approximate surface area is 217 Å². The van der Waals surface area contributed by atoms with Crippen LogP contribution in [0.2, 0.25) is 0 Å². The minimum absolute atomic E-state index is 0.160. The fourth-order valence-corrected chi connectivity index (χ4v) is 7.48. The summed E-state index contributed by atoms with van der Waals surface area (Å²) >= 11 is 1.49. The molecule has 194 valence electrons. The third-order valence-corrected chi connectivity index (χ3v) is 9.41. The van der Waals surface area contributed by atoms with Gasteiger partial charge in [-0.15, -0.1) is 0 Å². The van der Waals surface area contributed by atoms with Crippen LogP contribution < -0.4 is 9.64 Å². The van der Waals surface area contributed by atoms with Crippen molar-refractivity contribution in [3.63, 3.8) is 0 Å². The van der Waals surface area contributed by atoms with Crippen LogP contribution >= 0.6 is 11.3 Å². The van der Waals surface area contributed by atoms with Gasteiger partial charge in [-0.05, 0) is 95.2 Å². The molecule has 1 amide bonds. The van der Waals surface area contributed by atoms with Gasteiger partial charge in [0, 0.05) is 13.1 Å². The molecule has 2 heterocycles. The van der Waals surface area contributed by atoms with Crippen molar-refractivity contribution < 1.29 is 17.9 Å². The van der Waals surface area contributed by atoms with E-state index in [9.17, 15) is 13.2 Å². The maximum absolute atomic E-state index is 14.0. The first-order valence-electron chi connectivity index (χ1n) is 12.1. The number of rotatable bonds is 9. The minimum atomic E-state index is -3.84. The monoisotopic (exact) mass is 530 g/mol. The molecule has 2 aromatic carbocycles. The lowest BCUT2D eigenvalue weighted by Crippen LogP contribution is -2.48. The van der Waals surface area contributed by atoms with Crippen LogP contribution in [-0.4, -0.2) is 75.4 Å². The molecule has 0 saturated carbocycles. The largest absolute Gasteiger partial charge is 0.497 e. The third kappa shape index (κ3) is 5.41. The smallest absolute Gasteiger partial charge is 0.247 e. The van der Waals surface area contributed by atoms with Gasteiger partial charge >= 0.3 is 0 Å². The van der Waals surface area contributed by atoms with Crippen LogP contribution in [0.4, 0.5) is 5.13 Å². The molecular formula is C26H34N4O4S2. The molecule has 1 unspecified atom stereocenters. The Hall–Kier alpha value is -2.53. The number of aryl methyl sites for hydroxylation is 2. The van der Waals surface area contributed by atoms with E-state index in [0.717, 1.165) is 34.3 Å². The standard InChI is InChI=1S/C26H34N4O4S2/c1-18-16-19(2)24-23(17-18)35-26(27-24)29(14-7-13-28(3)4)25(31)22-8-6-15-30(22)36(32,33)21-11-9-20(34-5)10-12-21/h9-12,16-17,22H,6-8,13-15H2,1-5H3. The normalized spacial score (nSPS) is 16.7. The lowest BCUT2D eigenvalue weighted by molar-refractivity contribution is -0.121. The van der Waals surface area contributed by atoms with Crippen molar-refractivity contribution in [1.82, 2.24) is 14.2 Å². The molecule has 1 aliphatic rings. The number of amides is 1. The third-order valence-electron chi connectivity index (χ3n) is 6.46. The van der Waals surface area contributed by atoms with E-state index >= 15 is 0 Å². The van der Waals surface area contributed by atoms with Gasteiger partial charge in [-0.25, -0.2) is 13.4 Å². The van der Waals surface area contributed by atoms with Crippen molar-refractivity contribution in [1.29, 1.82) is 0 Å². The molecule has 1 aliphatic heterocycles. The van der Waals surface area contributed by atoms with Gasteiger partial charge in [-0.2, -0.15) is 4.31 Å². The molecule has 36 heavy (non-hydrogen) atoms. The summed E-state index contributed by atoms with van der Waals surface area (Å²) in [6.07, 6.45) is 1.88. The molecule has 1 atom stereocenters. The molecule has 3 aromatic rings. The van der Waals surface area contributed by atoms with E-state index in [0.29, 0.717) is 36.8 Å². The molecule has 4 rings (SSSR count). The van der Waals surface area contributed by atoms with Gasteiger partial charge in [0.05, 0.1) is 22.2 Å². The van der Waals surface area contributed by atoms with Crippen molar-refractivity contribution in [3.05, 3.63) is 47.5 Å². The number of anilines is 1. The number of carbonyl (C=O) groups excluding carboxylic acids is 1. The highest BCUT2D eigenvalue weighted by Gasteiger charge is 2.42. The molecule has 1 aromatic heterocycles. The van der Waals surface area contributed by atoms with Gasteiger partial charge in [-0.3, -0.25) is 9.69 Å². The van der Waals surface area contributed by atoms with Gasteiger partial charge in [0.15, 0.2) is 5.13 Å². The van der Waals surface area contributed by atoms with Crippen LogP contribution in [0, 0.1) is 13.8 Å². The average molecular weight is 531 g/mol. The predicted molar refractivity (Wildman–Crippen MR) is 145 cm³/mol. The van der Waals surface area contributed by atoms with Crippen molar-refractivity contribution >= 4 is 42.6 Å². The second-order valence-electron chi connectivity index (χ2n) is 9.52. The molecule has 0 bridgehead atoms. The Kier molecular flexibility index (Phi) is 7.99.